The number of ether oxygens (including phenoxy) is 1. The Morgan fingerprint density at radius 1 is 1.29 bits per heavy atom. The highest BCUT2D eigenvalue weighted by Gasteiger charge is 2.39. The number of aliphatic imine (C=N–C) groups is 1. The van der Waals surface area contributed by atoms with Crippen molar-refractivity contribution in [3.8, 4) is 0 Å². The third-order valence-corrected chi connectivity index (χ3v) is 7.02. The van der Waals surface area contributed by atoms with Crippen LogP contribution in [0.1, 0.15) is 44.6 Å². The highest BCUT2D eigenvalue weighted by atomic mass is 35.5. The van der Waals surface area contributed by atoms with Gasteiger partial charge in [0.25, 0.3) is 0 Å². The topological polar surface area (TPSA) is 48.9 Å². The molecule has 2 unspecified atom stereocenters. The van der Waals surface area contributed by atoms with Gasteiger partial charge >= 0.3 is 0 Å². The molecule has 0 spiro atoms. The van der Waals surface area contributed by atoms with Crippen molar-refractivity contribution in [2.75, 3.05) is 33.4 Å². The van der Waals surface area contributed by atoms with Gasteiger partial charge in [-0.05, 0) is 50.7 Å². The van der Waals surface area contributed by atoms with E-state index in [0.29, 0.717) is 12.1 Å². The van der Waals surface area contributed by atoms with E-state index in [2.05, 4.69) is 39.6 Å². The van der Waals surface area contributed by atoms with Crippen LogP contribution in [-0.4, -0.2) is 62.3 Å². The van der Waals surface area contributed by atoms with E-state index in [9.17, 15) is 0 Å². The van der Waals surface area contributed by atoms with Crippen LogP contribution in [-0.2, 0) is 10.2 Å². The van der Waals surface area contributed by atoms with E-state index in [1.165, 1.54) is 24.8 Å². The molecule has 154 valence electrons. The smallest absolute Gasteiger partial charge is 0.191 e. The first kappa shape index (κ1) is 20.0. The summed E-state index contributed by atoms with van der Waals surface area (Å²) in [4.78, 5) is 7.17. The molecule has 4 rings (SSSR count). The summed E-state index contributed by atoms with van der Waals surface area (Å²) in [6.45, 7) is 5.83. The third kappa shape index (κ3) is 4.32. The quantitative estimate of drug-likeness (QED) is 0.584. The fourth-order valence-corrected chi connectivity index (χ4v) is 5.25. The zero-order chi connectivity index (χ0) is 19.6. The first-order valence-electron chi connectivity index (χ1n) is 10.7. The van der Waals surface area contributed by atoms with E-state index >= 15 is 0 Å². The van der Waals surface area contributed by atoms with Gasteiger partial charge in [-0.2, -0.15) is 0 Å². The van der Waals surface area contributed by atoms with E-state index in [1.807, 2.05) is 19.2 Å². The largest absolute Gasteiger partial charge is 0.381 e. The Labute approximate surface area is 173 Å². The number of hydrogen-bond donors (Lipinski definition) is 2. The van der Waals surface area contributed by atoms with Gasteiger partial charge in [-0.1, -0.05) is 29.8 Å². The predicted octanol–water partition coefficient (Wildman–Crippen LogP) is 3.18. The molecule has 0 aromatic heterocycles. The lowest BCUT2D eigenvalue weighted by Crippen LogP contribution is -2.50. The summed E-state index contributed by atoms with van der Waals surface area (Å²) in [7, 11) is 1.86. The van der Waals surface area contributed by atoms with Crippen LogP contribution in [0.4, 0.5) is 0 Å². The number of benzene rings is 1. The average Bonchev–Trinajstić information content (AvgIpc) is 3.49. The lowest BCUT2D eigenvalue weighted by Gasteiger charge is -2.39. The normalized spacial score (nSPS) is 28.3. The zero-order valence-electron chi connectivity index (χ0n) is 17.1. The van der Waals surface area contributed by atoms with E-state index < -0.39 is 0 Å². The molecule has 1 aromatic rings. The van der Waals surface area contributed by atoms with E-state index in [1.54, 1.807) is 0 Å². The van der Waals surface area contributed by atoms with Crippen molar-refractivity contribution in [2.45, 2.75) is 62.6 Å². The summed E-state index contributed by atoms with van der Waals surface area (Å²) >= 11 is 6.58. The number of rotatable bonds is 5. The number of hydrogen-bond acceptors (Lipinski definition) is 3. The number of guanidine groups is 1. The lowest BCUT2D eigenvalue weighted by atomic mass is 9.74. The monoisotopic (exact) mass is 404 g/mol. The molecule has 3 fully saturated rings. The fraction of sp³-hybridized carbons (Fsp3) is 0.682. The predicted molar refractivity (Wildman–Crippen MR) is 115 cm³/mol. The molecule has 2 atom stereocenters. The maximum Gasteiger partial charge on any atom is 0.191 e. The van der Waals surface area contributed by atoms with Crippen LogP contribution in [0, 0.1) is 0 Å². The van der Waals surface area contributed by atoms with Gasteiger partial charge in [-0.15, -0.1) is 0 Å². The molecule has 2 saturated heterocycles. The molecule has 1 saturated carbocycles. The Morgan fingerprint density at radius 3 is 2.71 bits per heavy atom. The van der Waals surface area contributed by atoms with Crippen LogP contribution in [0.5, 0.6) is 0 Å². The Morgan fingerprint density at radius 2 is 2.04 bits per heavy atom. The molecule has 2 N–H and O–H groups in total. The highest BCUT2D eigenvalue weighted by Crippen LogP contribution is 2.38. The number of nitrogens with zero attached hydrogens (tertiary/aromatic N) is 2. The summed E-state index contributed by atoms with van der Waals surface area (Å²) < 4.78 is 5.66. The Kier molecular flexibility index (Phi) is 6.14. The van der Waals surface area contributed by atoms with Gasteiger partial charge in [-0.3, -0.25) is 9.89 Å². The Bertz CT molecular complexity index is 700. The molecule has 2 aliphatic heterocycles. The second-order valence-electron chi connectivity index (χ2n) is 8.65. The van der Waals surface area contributed by atoms with Crippen molar-refractivity contribution in [3.05, 3.63) is 34.9 Å². The van der Waals surface area contributed by atoms with Crippen LogP contribution in [0.25, 0.3) is 0 Å². The number of halogens is 1. The van der Waals surface area contributed by atoms with Crippen LogP contribution >= 0.6 is 11.6 Å². The molecule has 3 aliphatic rings. The third-order valence-electron chi connectivity index (χ3n) is 6.69. The summed E-state index contributed by atoms with van der Waals surface area (Å²) in [6, 6.07) is 10.2. The van der Waals surface area contributed by atoms with Crippen molar-refractivity contribution >= 4 is 17.6 Å². The fourth-order valence-electron chi connectivity index (χ4n) is 4.91. The van der Waals surface area contributed by atoms with Crippen molar-refractivity contribution < 1.29 is 4.74 Å². The molecular weight excluding hydrogens is 372 g/mol. The van der Waals surface area contributed by atoms with E-state index in [-0.39, 0.29) is 5.41 Å². The van der Waals surface area contributed by atoms with Gasteiger partial charge < -0.3 is 15.4 Å². The first-order valence-corrected chi connectivity index (χ1v) is 11.0. The van der Waals surface area contributed by atoms with Crippen LogP contribution in [0.2, 0.25) is 5.02 Å². The maximum absolute atomic E-state index is 6.58. The van der Waals surface area contributed by atoms with Crippen LogP contribution < -0.4 is 10.6 Å². The Hall–Kier alpha value is -1.30. The van der Waals surface area contributed by atoms with Gasteiger partial charge in [0.05, 0.1) is 0 Å². The summed E-state index contributed by atoms with van der Waals surface area (Å²) in [5.74, 6) is 0.896. The molecule has 1 aliphatic carbocycles. The minimum atomic E-state index is -0.0166. The molecule has 0 radical (unpaired) electrons. The average molecular weight is 405 g/mol. The molecule has 0 amide bonds. The minimum absolute atomic E-state index is 0.0166. The summed E-state index contributed by atoms with van der Waals surface area (Å²) in [6.07, 6.45) is 5.85. The van der Waals surface area contributed by atoms with Gasteiger partial charge in [0, 0.05) is 61.9 Å². The van der Waals surface area contributed by atoms with Gasteiger partial charge in [0.2, 0.25) is 0 Å². The molecule has 1 aromatic carbocycles. The van der Waals surface area contributed by atoms with Gasteiger partial charge in [0.15, 0.2) is 5.96 Å². The van der Waals surface area contributed by atoms with Crippen molar-refractivity contribution in [1.82, 2.24) is 15.5 Å². The van der Waals surface area contributed by atoms with E-state index in [4.69, 9.17) is 16.3 Å². The van der Waals surface area contributed by atoms with Crippen LogP contribution in [0.3, 0.4) is 0 Å². The molecule has 5 nitrogen and oxygen atoms in total. The zero-order valence-corrected chi connectivity index (χ0v) is 17.8. The van der Waals surface area contributed by atoms with Crippen LogP contribution in [0.15, 0.2) is 29.3 Å². The second-order valence-corrected chi connectivity index (χ2v) is 9.06. The number of likely N-dealkylation sites (tertiary alicyclic amines) is 1. The summed E-state index contributed by atoms with van der Waals surface area (Å²) in [5, 5.41) is 8.12. The first-order chi connectivity index (χ1) is 13.6. The van der Waals surface area contributed by atoms with Gasteiger partial charge in [0.1, 0.15) is 0 Å². The number of nitrogens with one attached hydrogen (secondary N) is 2. The lowest BCUT2D eigenvalue weighted by molar-refractivity contribution is 0.0514. The second kappa shape index (κ2) is 8.60. The Balaban J connectivity index is 1.41. The van der Waals surface area contributed by atoms with Gasteiger partial charge in [-0.25, -0.2) is 0 Å². The molecule has 6 heteroatoms. The molecular formula is C22H33ClN4O. The summed E-state index contributed by atoms with van der Waals surface area (Å²) in [5.41, 5.74) is 1.20. The van der Waals surface area contributed by atoms with Crippen molar-refractivity contribution in [2.24, 2.45) is 4.99 Å². The minimum Gasteiger partial charge on any atom is -0.381 e. The molecule has 28 heavy (non-hydrogen) atoms. The molecule has 2 heterocycles. The highest BCUT2D eigenvalue weighted by molar-refractivity contribution is 6.31. The standard InChI is InChI=1S/C22H33ClN4O/c1-16-13-17(14-27(16)18-7-8-18)26-21(24-2)25-15-22(9-11-28-12-10-22)19-5-3-4-6-20(19)23/h3-6,16-18H,7-15H2,1-2H3,(H2,24,25,26). The van der Waals surface area contributed by atoms with Crippen molar-refractivity contribution in [3.63, 3.8) is 0 Å². The van der Waals surface area contributed by atoms with Crippen molar-refractivity contribution in [1.29, 1.82) is 0 Å². The maximum atomic E-state index is 6.58. The molecule has 0 bridgehead atoms. The van der Waals surface area contributed by atoms with E-state index in [0.717, 1.165) is 56.2 Å². The SMILES string of the molecule is CN=C(NCC1(c2ccccc2Cl)CCOCC1)NC1CC(C)N(C2CC2)C1.